The van der Waals surface area contributed by atoms with Gasteiger partial charge in [0.25, 0.3) is 0 Å². The van der Waals surface area contributed by atoms with Gasteiger partial charge in [-0.25, -0.2) is 4.39 Å². The monoisotopic (exact) mass is 493 g/mol. The predicted molar refractivity (Wildman–Crippen MR) is 139 cm³/mol. The van der Waals surface area contributed by atoms with E-state index in [4.69, 9.17) is 4.74 Å². The van der Waals surface area contributed by atoms with Gasteiger partial charge in [0, 0.05) is 36.2 Å². The Morgan fingerprint density at radius 2 is 1.72 bits per heavy atom. The van der Waals surface area contributed by atoms with Gasteiger partial charge in [-0.3, -0.25) is 4.79 Å². The van der Waals surface area contributed by atoms with Crippen LogP contribution in [0.3, 0.4) is 0 Å². The maximum Gasteiger partial charge on any atom is 0.165 e. The lowest BCUT2D eigenvalue weighted by Crippen LogP contribution is -2.38. The Morgan fingerprint density at radius 3 is 2.36 bits per heavy atom. The van der Waals surface area contributed by atoms with Gasteiger partial charge in [0.15, 0.2) is 5.78 Å². The zero-order valence-electron chi connectivity index (χ0n) is 21.1. The lowest BCUT2D eigenvalue weighted by Gasteiger charge is -2.32. The van der Waals surface area contributed by atoms with E-state index in [1.807, 2.05) is 37.3 Å². The molecule has 36 heavy (non-hydrogen) atoms. The molecule has 5 nitrogen and oxygen atoms in total. The van der Waals surface area contributed by atoms with Gasteiger partial charge in [0.2, 0.25) is 0 Å². The third kappa shape index (κ3) is 5.61. The molecule has 3 aromatic rings. The van der Waals surface area contributed by atoms with Crippen LogP contribution in [0.1, 0.15) is 62.0 Å². The molecule has 4 rings (SSSR count). The third-order valence-corrected chi connectivity index (χ3v) is 6.97. The summed E-state index contributed by atoms with van der Waals surface area (Å²) in [6, 6.07) is 16.4. The average Bonchev–Trinajstić information content (AvgIpc) is 3.21. The van der Waals surface area contributed by atoms with Crippen LogP contribution in [0.25, 0.3) is 22.4 Å². The van der Waals surface area contributed by atoms with Crippen LogP contribution >= 0.6 is 0 Å². The molecule has 1 aliphatic heterocycles. The molecule has 6 heteroatoms. The van der Waals surface area contributed by atoms with Crippen LogP contribution in [0.5, 0.6) is 0 Å². The van der Waals surface area contributed by atoms with E-state index in [1.165, 1.54) is 12.1 Å². The second-order valence-corrected chi connectivity index (χ2v) is 9.57. The number of ether oxygens (including phenoxy) is 1. The van der Waals surface area contributed by atoms with Gasteiger partial charge in [-0.15, -0.1) is 0 Å². The number of halogens is 1. The molecule has 1 aromatic heterocycles. The summed E-state index contributed by atoms with van der Waals surface area (Å²) in [5.41, 5.74) is 5.31. The highest BCUT2D eigenvalue weighted by Gasteiger charge is 2.31. The Morgan fingerprint density at radius 1 is 1.03 bits per heavy atom. The molecule has 0 spiro atoms. The van der Waals surface area contributed by atoms with Crippen LogP contribution in [0.4, 0.5) is 4.39 Å². The van der Waals surface area contributed by atoms with Gasteiger partial charge in [-0.05, 0) is 54.7 Å². The van der Waals surface area contributed by atoms with E-state index in [0.717, 1.165) is 46.5 Å². The predicted octanol–water partition coefficient (Wildman–Crippen LogP) is 5.80. The molecular weight excluding hydrogens is 457 g/mol. The van der Waals surface area contributed by atoms with Crippen LogP contribution in [0.2, 0.25) is 0 Å². The number of hydrogen-bond donors (Lipinski definition) is 2. The SMILES string of the molecule is CCCc1c(C(=O)CC)c(-c2ccccc2)c(-c2ccc(F)cc2)n1CC[C@@H]1C[C@@H](O)CC(CO)O1. The van der Waals surface area contributed by atoms with Crippen molar-refractivity contribution in [1.82, 2.24) is 4.57 Å². The van der Waals surface area contributed by atoms with E-state index < -0.39 is 6.10 Å². The maximum absolute atomic E-state index is 13.9. The fraction of sp³-hybridized carbons (Fsp3) is 0.433. The molecule has 1 aliphatic rings. The molecule has 1 unspecified atom stereocenters. The van der Waals surface area contributed by atoms with Gasteiger partial charge >= 0.3 is 0 Å². The Labute approximate surface area is 212 Å². The lowest BCUT2D eigenvalue weighted by molar-refractivity contribution is -0.114. The molecule has 192 valence electrons. The molecule has 0 radical (unpaired) electrons. The van der Waals surface area contributed by atoms with Gasteiger partial charge in [-0.1, -0.05) is 50.6 Å². The second kappa shape index (κ2) is 12.0. The molecule has 1 fully saturated rings. The Hall–Kier alpha value is -2.80. The molecular formula is C30H36FNO4. The van der Waals surface area contributed by atoms with Crippen molar-refractivity contribution in [2.24, 2.45) is 0 Å². The largest absolute Gasteiger partial charge is 0.394 e. The molecule has 0 bridgehead atoms. The summed E-state index contributed by atoms with van der Waals surface area (Å²) in [6.45, 7) is 4.44. The minimum absolute atomic E-state index is 0.0871. The van der Waals surface area contributed by atoms with Crippen molar-refractivity contribution in [2.75, 3.05) is 6.61 Å². The number of rotatable bonds is 10. The molecule has 3 atom stereocenters. The number of aliphatic hydroxyl groups excluding tert-OH is 2. The first-order valence-corrected chi connectivity index (χ1v) is 13.0. The molecule has 2 heterocycles. The number of aliphatic hydroxyl groups is 2. The Bertz CT molecular complexity index is 1160. The summed E-state index contributed by atoms with van der Waals surface area (Å²) in [4.78, 5) is 13.4. The van der Waals surface area contributed by atoms with Crippen molar-refractivity contribution < 1.29 is 24.1 Å². The van der Waals surface area contributed by atoms with Crippen molar-refractivity contribution >= 4 is 5.78 Å². The number of hydrogen-bond acceptors (Lipinski definition) is 4. The number of aromatic nitrogens is 1. The Kier molecular flexibility index (Phi) is 8.72. The second-order valence-electron chi connectivity index (χ2n) is 9.57. The number of nitrogens with zero attached hydrogens (tertiary/aromatic N) is 1. The van der Waals surface area contributed by atoms with Crippen molar-refractivity contribution in [3.05, 3.63) is 71.7 Å². The molecule has 2 aromatic carbocycles. The first kappa shape index (κ1) is 26.3. The number of benzene rings is 2. The summed E-state index contributed by atoms with van der Waals surface area (Å²) < 4.78 is 22.1. The zero-order chi connectivity index (χ0) is 25.7. The van der Waals surface area contributed by atoms with Gasteiger partial charge in [-0.2, -0.15) is 0 Å². The first-order valence-electron chi connectivity index (χ1n) is 13.0. The first-order chi connectivity index (χ1) is 17.5. The highest BCUT2D eigenvalue weighted by atomic mass is 19.1. The fourth-order valence-electron chi connectivity index (χ4n) is 5.35. The molecule has 0 saturated carbocycles. The number of Topliss-reactive ketones (excluding diaryl/α,β-unsaturated/α-hetero) is 1. The van der Waals surface area contributed by atoms with Gasteiger partial charge in [0.05, 0.1) is 30.6 Å². The van der Waals surface area contributed by atoms with Crippen molar-refractivity contribution in [1.29, 1.82) is 0 Å². The van der Waals surface area contributed by atoms with Crippen molar-refractivity contribution in [3.8, 4) is 22.4 Å². The highest BCUT2D eigenvalue weighted by molar-refractivity contribution is 6.07. The smallest absolute Gasteiger partial charge is 0.165 e. The molecule has 0 amide bonds. The fourth-order valence-corrected chi connectivity index (χ4v) is 5.35. The minimum Gasteiger partial charge on any atom is -0.394 e. The molecule has 0 aliphatic carbocycles. The standard InChI is InChI=1S/C30H36FNO4/c1-3-8-26-29(27(35)4-2)28(20-9-6-5-7-10-20)30(21-11-13-22(31)14-12-21)32(26)16-15-24-17-23(34)18-25(19-33)36-24/h5-7,9-14,23-25,33-34H,3-4,8,15-19H2,1-2H3/t23-,24-,25?/m1/s1. The minimum atomic E-state index is -0.505. The van der Waals surface area contributed by atoms with E-state index in [-0.39, 0.29) is 30.4 Å². The summed E-state index contributed by atoms with van der Waals surface area (Å²) in [7, 11) is 0. The summed E-state index contributed by atoms with van der Waals surface area (Å²) in [6.07, 6.45) is 2.49. The summed E-state index contributed by atoms with van der Waals surface area (Å²) in [5.74, 6) is -0.222. The highest BCUT2D eigenvalue weighted by Crippen LogP contribution is 2.41. The number of carbonyl (C=O) groups excluding carboxylic acids is 1. The summed E-state index contributed by atoms with van der Waals surface area (Å²) >= 11 is 0. The topological polar surface area (TPSA) is 71.7 Å². The summed E-state index contributed by atoms with van der Waals surface area (Å²) in [5, 5.41) is 19.9. The lowest BCUT2D eigenvalue weighted by atomic mass is 9.93. The van der Waals surface area contributed by atoms with Crippen LogP contribution in [-0.2, 0) is 17.7 Å². The van der Waals surface area contributed by atoms with E-state index in [9.17, 15) is 19.4 Å². The van der Waals surface area contributed by atoms with E-state index in [1.54, 1.807) is 12.1 Å². The van der Waals surface area contributed by atoms with Crippen LogP contribution < -0.4 is 0 Å². The van der Waals surface area contributed by atoms with Crippen LogP contribution in [0, 0.1) is 5.82 Å². The van der Waals surface area contributed by atoms with Crippen molar-refractivity contribution in [2.45, 2.75) is 77.2 Å². The number of ketones is 1. The van der Waals surface area contributed by atoms with Gasteiger partial charge < -0.3 is 19.5 Å². The quantitative estimate of drug-likeness (QED) is 0.350. The van der Waals surface area contributed by atoms with E-state index in [0.29, 0.717) is 32.2 Å². The maximum atomic E-state index is 13.9. The normalized spacial score (nSPS) is 20.0. The van der Waals surface area contributed by atoms with E-state index >= 15 is 0 Å². The molecule has 2 N–H and O–H groups in total. The van der Waals surface area contributed by atoms with Crippen LogP contribution in [-0.4, -0.2) is 45.5 Å². The Balaban J connectivity index is 1.88. The average molecular weight is 494 g/mol. The third-order valence-electron chi connectivity index (χ3n) is 6.97. The zero-order valence-corrected chi connectivity index (χ0v) is 21.1. The number of carbonyl (C=O) groups is 1. The van der Waals surface area contributed by atoms with E-state index in [2.05, 4.69) is 11.5 Å². The van der Waals surface area contributed by atoms with Crippen molar-refractivity contribution in [3.63, 3.8) is 0 Å². The van der Waals surface area contributed by atoms with Crippen LogP contribution in [0.15, 0.2) is 54.6 Å². The molecule has 1 saturated heterocycles. The van der Waals surface area contributed by atoms with Gasteiger partial charge in [0.1, 0.15) is 5.82 Å².